The maximum Gasteiger partial charge on any atom is 0.247 e. The van der Waals surface area contributed by atoms with Gasteiger partial charge in [0.05, 0.1) is 12.2 Å². The molecular weight excluding hydrogens is 274 g/mol. The van der Waals surface area contributed by atoms with Crippen molar-refractivity contribution >= 4 is 10.0 Å². The van der Waals surface area contributed by atoms with Crippen molar-refractivity contribution in [1.82, 2.24) is 14.1 Å². The van der Waals surface area contributed by atoms with E-state index in [0.29, 0.717) is 4.90 Å². The molecule has 0 unspecified atom stereocenters. The topological polar surface area (TPSA) is 55.2 Å². The number of nitrogens with zero attached hydrogens (tertiary/aromatic N) is 3. The van der Waals surface area contributed by atoms with Gasteiger partial charge in [-0.25, -0.2) is 8.42 Å². The summed E-state index contributed by atoms with van der Waals surface area (Å²) in [7, 11) is -0.183. The van der Waals surface area contributed by atoms with E-state index in [1.807, 2.05) is 0 Å². The van der Waals surface area contributed by atoms with E-state index in [0.717, 1.165) is 31.4 Å². The first-order valence-corrected chi connectivity index (χ1v) is 8.30. The number of sulfonamides is 1. The lowest BCUT2D eigenvalue weighted by atomic mass is 10.1. The summed E-state index contributed by atoms with van der Waals surface area (Å²) in [6.45, 7) is 1.91. The van der Waals surface area contributed by atoms with Crippen LogP contribution in [0.25, 0.3) is 0 Å². The van der Waals surface area contributed by atoms with E-state index in [9.17, 15) is 8.42 Å². The molecule has 110 valence electrons. The maximum atomic E-state index is 12.6. The standard InChI is InChI=1S/C14H21N3O2S/c1-4-5-10-17(3)20(18,19)13-11-16(2)15-14(13)12-8-6-7-9-12/h11-12H,6-10H2,1-3H3. The number of rotatable bonds is 4. The van der Waals surface area contributed by atoms with Gasteiger partial charge in [0.2, 0.25) is 10.0 Å². The Balaban J connectivity index is 2.37. The Morgan fingerprint density at radius 3 is 2.70 bits per heavy atom. The molecule has 0 saturated heterocycles. The minimum Gasteiger partial charge on any atom is -0.274 e. The Labute approximate surface area is 121 Å². The van der Waals surface area contributed by atoms with Gasteiger partial charge in [-0.2, -0.15) is 9.40 Å². The van der Waals surface area contributed by atoms with E-state index in [1.54, 1.807) is 31.9 Å². The highest BCUT2D eigenvalue weighted by molar-refractivity contribution is 7.89. The summed E-state index contributed by atoms with van der Waals surface area (Å²) in [5.74, 6) is 5.78. The molecular formula is C14H21N3O2S. The summed E-state index contributed by atoms with van der Waals surface area (Å²) < 4.78 is 28.2. The third kappa shape index (κ3) is 2.89. The molecule has 1 fully saturated rings. The molecule has 2 rings (SSSR count). The first-order chi connectivity index (χ1) is 9.46. The largest absolute Gasteiger partial charge is 0.274 e. The highest BCUT2D eigenvalue weighted by Gasteiger charge is 2.31. The molecule has 20 heavy (non-hydrogen) atoms. The van der Waals surface area contributed by atoms with Gasteiger partial charge < -0.3 is 0 Å². The molecule has 1 aliphatic carbocycles. The lowest BCUT2D eigenvalue weighted by molar-refractivity contribution is 0.500. The van der Waals surface area contributed by atoms with Gasteiger partial charge in [-0.15, -0.1) is 5.92 Å². The van der Waals surface area contributed by atoms with Crippen LogP contribution in [0.1, 0.15) is 44.2 Å². The van der Waals surface area contributed by atoms with Crippen molar-refractivity contribution in [3.8, 4) is 11.8 Å². The molecule has 0 aliphatic heterocycles. The van der Waals surface area contributed by atoms with E-state index < -0.39 is 10.0 Å². The highest BCUT2D eigenvalue weighted by atomic mass is 32.2. The van der Waals surface area contributed by atoms with E-state index in [1.165, 1.54) is 4.31 Å². The SMILES string of the molecule is CC#CCN(C)S(=O)(=O)c1cn(C)nc1C1CCCC1. The fourth-order valence-electron chi connectivity index (χ4n) is 2.61. The minimum absolute atomic E-state index is 0.206. The van der Waals surface area contributed by atoms with E-state index in [4.69, 9.17) is 0 Å². The smallest absolute Gasteiger partial charge is 0.247 e. The average Bonchev–Trinajstić information content (AvgIpc) is 3.04. The van der Waals surface area contributed by atoms with Crippen LogP contribution >= 0.6 is 0 Å². The molecule has 0 bridgehead atoms. The molecule has 1 aromatic rings. The van der Waals surface area contributed by atoms with Crippen molar-refractivity contribution in [1.29, 1.82) is 0 Å². The molecule has 1 saturated carbocycles. The molecule has 6 heteroatoms. The fraction of sp³-hybridized carbons (Fsp3) is 0.643. The van der Waals surface area contributed by atoms with E-state index >= 15 is 0 Å². The van der Waals surface area contributed by atoms with Gasteiger partial charge in [0.1, 0.15) is 4.90 Å². The second-order valence-corrected chi connectivity index (χ2v) is 7.23. The van der Waals surface area contributed by atoms with E-state index in [-0.39, 0.29) is 12.5 Å². The monoisotopic (exact) mass is 295 g/mol. The van der Waals surface area contributed by atoms with Crippen LogP contribution in [0.3, 0.4) is 0 Å². The van der Waals surface area contributed by atoms with Crippen LogP contribution in [-0.4, -0.2) is 36.1 Å². The summed E-state index contributed by atoms with van der Waals surface area (Å²) in [5.41, 5.74) is 0.723. The Hall–Kier alpha value is -1.32. The summed E-state index contributed by atoms with van der Waals surface area (Å²) in [6.07, 6.45) is 5.96. The lowest BCUT2D eigenvalue weighted by Gasteiger charge is -2.15. The molecule has 1 heterocycles. The zero-order chi connectivity index (χ0) is 14.8. The van der Waals surface area contributed by atoms with Gasteiger partial charge in [0.15, 0.2) is 0 Å². The second kappa shape index (κ2) is 5.98. The van der Waals surface area contributed by atoms with Crippen LogP contribution in [0.2, 0.25) is 0 Å². The summed E-state index contributed by atoms with van der Waals surface area (Å²) >= 11 is 0. The van der Waals surface area contributed by atoms with Crippen molar-refractivity contribution in [2.75, 3.05) is 13.6 Å². The lowest BCUT2D eigenvalue weighted by Crippen LogP contribution is -2.28. The quantitative estimate of drug-likeness (QED) is 0.795. The molecule has 5 nitrogen and oxygen atoms in total. The number of aromatic nitrogens is 2. The molecule has 0 N–H and O–H groups in total. The predicted molar refractivity (Wildman–Crippen MR) is 77.7 cm³/mol. The maximum absolute atomic E-state index is 12.6. The fourth-order valence-corrected chi connectivity index (χ4v) is 3.94. The number of hydrogen-bond acceptors (Lipinski definition) is 3. The summed E-state index contributed by atoms with van der Waals surface area (Å²) in [6, 6.07) is 0. The second-order valence-electron chi connectivity index (χ2n) is 5.22. The molecule has 0 spiro atoms. The van der Waals surface area contributed by atoms with Crippen LogP contribution in [0, 0.1) is 11.8 Å². The van der Waals surface area contributed by atoms with Gasteiger partial charge in [-0.05, 0) is 19.8 Å². The zero-order valence-electron chi connectivity index (χ0n) is 12.3. The van der Waals surface area contributed by atoms with Crippen molar-refractivity contribution in [3.05, 3.63) is 11.9 Å². The molecule has 0 aromatic carbocycles. The van der Waals surface area contributed by atoms with Gasteiger partial charge >= 0.3 is 0 Å². The van der Waals surface area contributed by atoms with Crippen molar-refractivity contribution in [3.63, 3.8) is 0 Å². The highest BCUT2D eigenvalue weighted by Crippen LogP contribution is 2.36. The number of aryl methyl sites for hydroxylation is 1. The zero-order valence-corrected chi connectivity index (χ0v) is 13.1. The minimum atomic E-state index is -3.51. The molecule has 1 aliphatic rings. The van der Waals surface area contributed by atoms with Gasteiger partial charge in [0, 0.05) is 26.2 Å². The molecule has 0 atom stereocenters. The van der Waals surface area contributed by atoms with Gasteiger partial charge in [0.25, 0.3) is 0 Å². The Bertz CT molecular complexity index is 631. The third-order valence-electron chi connectivity index (χ3n) is 3.73. The Morgan fingerprint density at radius 1 is 1.45 bits per heavy atom. The van der Waals surface area contributed by atoms with Crippen molar-refractivity contribution < 1.29 is 8.42 Å². The van der Waals surface area contributed by atoms with Crippen LogP contribution < -0.4 is 0 Å². The first-order valence-electron chi connectivity index (χ1n) is 6.86. The van der Waals surface area contributed by atoms with Crippen molar-refractivity contribution in [2.24, 2.45) is 7.05 Å². The Morgan fingerprint density at radius 2 is 2.10 bits per heavy atom. The molecule has 0 amide bonds. The molecule has 0 radical (unpaired) electrons. The Kier molecular flexibility index (Phi) is 4.51. The van der Waals surface area contributed by atoms with Crippen LogP contribution in [0.5, 0.6) is 0 Å². The average molecular weight is 295 g/mol. The third-order valence-corrected chi connectivity index (χ3v) is 5.55. The van der Waals surface area contributed by atoms with E-state index in [2.05, 4.69) is 16.9 Å². The predicted octanol–water partition coefficient (Wildman–Crippen LogP) is 1.72. The van der Waals surface area contributed by atoms with Crippen LogP contribution in [0.15, 0.2) is 11.1 Å². The summed E-state index contributed by atoms with van der Waals surface area (Å²) in [5, 5.41) is 4.40. The van der Waals surface area contributed by atoms with Gasteiger partial charge in [-0.1, -0.05) is 18.8 Å². The van der Waals surface area contributed by atoms with Crippen LogP contribution in [0.4, 0.5) is 0 Å². The van der Waals surface area contributed by atoms with Crippen LogP contribution in [-0.2, 0) is 17.1 Å². The first kappa shape index (κ1) is 15.1. The normalized spacial score (nSPS) is 16.4. The molecule has 1 aromatic heterocycles. The number of hydrogen-bond donors (Lipinski definition) is 0. The summed E-state index contributed by atoms with van der Waals surface area (Å²) in [4.78, 5) is 0.340. The van der Waals surface area contributed by atoms with Gasteiger partial charge in [-0.3, -0.25) is 4.68 Å². The van der Waals surface area contributed by atoms with Crippen molar-refractivity contribution in [2.45, 2.75) is 43.4 Å².